The van der Waals surface area contributed by atoms with Gasteiger partial charge in [0.25, 0.3) is 0 Å². The van der Waals surface area contributed by atoms with Crippen LogP contribution in [0.3, 0.4) is 0 Å². The van der Waals surface area contributed by atoms with E-state index in [0.29, 0.717) is 0 Å². The zero-order valence-corrected chi connectivity index (χ0v) is 8.59. The van der Waals surface area contributed by atoms with Crippen LogP contribution in [0.1, 0.15) is 0 Å². The maximum Gasteiger partial charge on any atom is 0.328 e. The van der Waals surface area contributed by atoms with Crippen LogP contribution in [-0.4, -0.2) is 22.2 Å². The first-order valence-electron chi connectivity index (χ1n) is 2.43. The van der Waals surface area contributed by atoms with Crippen LogP contribution in [0.2, 0.25) is 0 Å². The summed E-state index contributed by atoms with van der Waals surface area (Å²) in [5.74, 6) is -2.20. The predicted molar refractivity (Wildman–Crippen MR) is 33.6 cm³/mol. The quantitative estimate of drug-likeness (QED) is 0.432. The fourth-order valence-corrected chi connectivity index (χ4v) is 0.276. The number of allylic oxidation sites excluding steroid dienone is 2. The van der Waals surface area contributed by atoms with E-state index >= 15 is 0 Å². The fraction of sp³-hybridized carbons (Fsp3) is 0. The maximum absolute atomic E-state index is 9.78. The summed E-state index contributed by atoms with van der Waals surface area (Å²) < 4.78 is 0. The van der Waals surface area contributed by atoms with Crippen molar-refractivity contribution in [2.45, 2.75) is 0 Å². The average Bonchev–Trinajstić information content (AvgIpc) is 1.79. The van der Waals surface area contributed by atoms with Gasteiger partial charge < -0.3 is 10.2 Å². The molecule has 0 heterocycles. The maximum atomic E-state index is 9.78. The minimum atomic E-state index is -1.10. The Hall–Kier alpha value is -0.0995. The molecule has 0 aromatic carbocycles. The molecule has 2 N–H and O–H groups in total. The van der Waals surface area contributed by atoms with Crippen molar-refractivity contribution in [3.63, 3.8) is 0 Å². The normalized spacial score (nSPS) is 9.00. The van der Waals surface area contributed by atoms with Crippen molar-refractivity contribution in [3.8, 4) is 0 Å². The van der Waals surface area contributed by atoms with Crippen LogP contribution < -0.4 is 0 Å². The van der Waals surface area contributed by atoms with E-state index in [4.69, 9.17) is 10.2 Å². The van der Waals surface area contributed by atoms with Gasteiger partial charge in [-0.3, -0.25) is 0 Å². The first kappa shape index (κ1) is 17.8. The molecule has 0 saturated carbocycles. The first-order chi connectivity index (χ1) is 4.63. The Morgan fingerprint density at radius 2 is 1.08 bits per heavy atom. The molecule has 0 bridgehead atoms. The van der Waals surface area contributed by atoms with Gasteiger partial charge in [0.2, 0.25) is 0 Å². The van der Waals surface area contributed by atoms with Crippen molar-refractivity contribution in [2.24, 2.45) is 0 Å². The molecule has 0 aromatic rings. The van der Waals surface area contributed by atoms with Gasteiger partial charge >= 0.3 is 11.9 Å². The monoisotopic (exact) mass is 356 g/mol. The Bertz CT molecular complexity index is 176. The molecule has 0 rings (SSSR count). The molecule has 0 aliphatic heterocycles. The molecule has 0 aliphatic carbocycles. The average molecular weight is 358 g/mol. The van der Waals surface area contributed by atoms with Crippen LogP contribution in [0.5, 0.6) is 0 Å². The molecular weight excluding hydrogens is 352 g/mol. The Kier molecular flexibility index (Phi) is 16.2. The Labute approximate surface area is 100 Å². The molecule has 0 spiro atoms. The van der Waals surface area contributed by atoms with Gasteiger partial charge in [-0.15, -0.1) is 0 Å². The first-order valence-corrected chi connectivity index (χ1v) is 2.43. The van der Waals surface area contributed by atoms with Crippen molar-refractivity contribution in [3.05, 3.63) is 24.3 Å². The van der Waals surface area contributed by atoms with E-state index in [-0.39, 0.29) is 44.8 Å². The largest absolute Gasteiger partial charge is 0.478 e. The number of rotatable bonds is 3. The SMILES string of the molecule is O=C(O)C=CC=CC(=O)O.[Ag].[Ag]. The van der Waals surface area contributed by atoms with Gasteiger partial charge in [0.1, 0.15) is 0 Å². The van der Waals surface area contributed by atoms with E-state index in [0.717, 1.165) is 24.3 Å². The molecule has 0 aliphatic rings. The zero-order valence-electron chi connectivity index (χ0n) is 5.62. The van der Waals surface area contributed by atoms with Crippen LogP contribution in [-0.2, 0) is 54.3 Å². The third-order valence-electron chi connectivity index (χ3n) is 0.589. The van der Waals surface area contributed by atoms with E-state index in [2.05, 4.69) is 0 Å². The molecule has 76 valence electrons. The second-order valence-corrected chi connectivity index (χ2v) is 1.39. The smallest absolute Gasteiger partial charge is 0.328 e. The summed E-state index contributed by atoms with van der Waals surface area (Å²) in [4.78, 5) is 19.6. The zero-order chi connectivity index (χ0) is 7.98. The second-order valence-electron chi connectivity index (χ2n) is 1.39. The van der Waals surface area contributed by atoms with Gasteiger partial charge in [0.15, 0.2) is 0 Å². The molecule has 0 saturated heterocycles. The van der Waals surface area contributed by atoms with Crippen molar-refractivity contribution in [2.75, 3.05) is 0 Å². The Morgan fingerprint density at radius 3 is 1.25 bits per heavy atom. The topological polar surface area (TPSA) is 74.6 Å². The van der Waals surface area contributed by atoms with Crippen molar-refractivity contribution < 1.29 is 64.6 Å². The molecule has 2 radical (unpaired) electrons. The minimum absolute atomic E-state index is 0. The molecule has 0 unspecified atom stereocenters. The van der Waals surface area contributed by atoms with Gasteiger partial charge in [-0.25, -0.2) is 9.59 Å². The summed E-state index contributed by atoms with van der Waals surface area (Å²) in [5, 5.41) is 16.0. The van der Waals surface area contributed by atoms with Gasteiger partial charge in [-0.05, 0) is 0 Å². The molecule has 4 nitrogen and oxygen atoms in total. The van der Waals surface area contributed by atoms with Crippen LogP contribution in [0, 0.1) is 0 Å². The summed E-state index contributed by atoms with van der Waals surface area (Å²) in [6.45, 7) is 0. The van der Waals surface area contributed by atoms with Gasteiger partial charge in [0, 0.05) is 56.9 Å². The Balaban J connectivity index is -0.000000405. The molecule has 0 atom stereocenters. The van der Waals surface area contributed by atoms with Crippen molar-refractivity contribution in [1.82, 2.24) is 0 Å². The number of carboxylic acids is 2. The van der Waals surface area contributed by atoms with Gasteiger partial charge in [-0.1, -0.05) is 12.2 Å². The van der Waals surface area contributed by atoms with E-state index in [1.54, 1.807) is 0 Å². The van der Waals surface area contributed by atoms with Crippen LogP contribution in [0.25, 0.3) is 0 Å². The van der Waals surface area contributed by atoms with E-state index < -0.39 is 11.9 Å². The number of carboxylic acid groups (broad SMARTS) is 2. The predicted octanol–water partition coefficient (Wildman–Crippen LogP) is 0.263. The summed E-state index contributed by atoms with van der Waals surface area (Å²) in [7, 11) is 0. The van der Waals surface area contributed by atoms with Crippen molar-refractivity contribution in [1.29, 1.82) is 0 Å². The summed E-state index contributed by atoms with van der Waals surface area (Å²) in [6.07, 6.45) is 3.96. The molecular formula is C6H6Ag2O4. The number of hydrogen-bond donors (Lipinski definition) is 2. The van der Waals surface area contributed by atoms with E-state index in [1.807, 2.05) is 0 Å². The molecule has 0 fully saturated rings. The van der Waals surface area contributed by atoms with Gasteiger partial charge in [-0.2, -0.15) is 0 Å². The van der Waals surface area contributed by atoms with Crippen LogP contribution in [0.15, 0.2) is 24.3 Å². The standard InChI is InChI=1S/C6H6O4.2Ag/c7-5(8)3-1-2-4-6(9)10;;/h1-4H,(H,7,8)(H,9,10);;. The van der Waals surface area contributed by atoms with Crippen LogP contribution >= 0.6 is 0 Å². The molecule has 12 heavy (non-hydrogen) atoms. The van der Waals surface area contributed by atoms with E-state index in [1.165, 1.54) is 0 Å². The minimum Gasteiger partial charge on any atom is -0.478 e. The molecule has 0 aromatic heterocycles. The molecule has 6 heteroatoms. The Morgan fingerprint density at radius 1 is 0.833 bits per heavy atom. The third kappa shape index (κ3) is 16.5. The third-order valence-corrected chi connectivity index (χ3v) is 0.589. The fourth-order valence-electron chi connectivity index (χ4n) is 0.276. The summed E-state index contributed by atoms with van der Waals surface area (Å²) >= 11 is 0. The number of aliphatic carboxylic acids is 2. The van der Waals surface area contributed by atoms with Crippen molar-refractivity contribution >= 4 is 11.9 Å². The van der Waals surface area contributed by atoms with Crippen LogP contribution in [0.4, 0.5) is 0 Å². The number of hydrogen-bond acceptors (Lipinski definition) is 2. The number of carbonyl (C=O) groups is 2. The van der Waals surface area contributed by atoms with Gasteiger partial charge in [0.05, 0.1) is 0 Å². The summed E-state index contributed by atoms with van der Waals surface area (Å²) in [5.41, 5.74) is 0. The summed E-state index contributed by atoms with van der Waals surface area (Å²) in [6, 6.07) is 0. The second kappa shape index (κ2) is 10.9. The van der Waals surface area contributed by atoms with E-state index in [9.17, 15) is 9.59 Å². The molecule has 0 amide bonds.